The predicted octanol–water partition coefficient (Wildman–Crippen LogP) is 10.5. The van der Waals surface area contributed by atoms with Gasteiger partial charge in [-0.1, -0.05) is 82.6 Å². The first kappa shape index (κ1) is 35.6. The highest BCUT2D eigenvalue weighted by molar-refractivity contribution is 5.89. The highest BCUT2D eigenvalue weighted by Crippen LogP contribution is 2.58. The van der Waals surface area contributed by atoms with Gasteiger partial charge < -0.3 is 23.9 Å². The lowest BCUT2D eigenvalue weighted by molar-refractivity contribution is -0.137. The smallest absolute Gasteiger partial charge is 0.303 e. The summed E-state index contributed by atoms with van der Waals surface area (Å²) in [6.07, 6.45) is 6.30. The van der Waals surface area contributed by atoms with Gasteiger partial charge in [0.2, 0.25) is 0 Å². The number of rotatable bonds is 12. The molecular weight excluding hydrogens is 649 g/mol. The van der Waals surface area contributed by atoms with Crippen LogP contribution >= 0.6 is 0 Å². The van der Waals surface area contributed by atoms with E-state index < -0.39 is 5.97 Å². The number of imidazole rings is 1. The summed E-state index contributed by atoms with van der Waals surface area (Å²) in [5.74, 6) is 3.16. The number of carboxylic acids is 1. The van der Waals surface area contributed by atoms with Gasteiger partial charge in [0.05, 0.1) is 37.4 Å². The third kappa shape index (κ3) is 6.55. The maximum atomic E-state index is 11.0. The van der Waals surface area contributed by atoms with E-state index in [1.54, 1.807) is 19.8 Å². The number of methoxy groups -OCH3 is 2. The first-order valence-electron chi connectivity index (χ1n) is 18.8. The zero-order valence-corrected chi connectivity index (χ0v) is 31.5. The van der Waals surface area contributed by atoms with E-state index >= 15 is 0 Å². The Morgan fingerprint density at radius 2 is 1.71 bits per heavy atom. The molecule has 3 atom stereocenters. The molecular formula is C45H52N2O5. The molecule has 272 valence electrons. The first-order chi connectivity index (χ1) is 25.0. The number of aryl methyl sites for hydroxylation is 1. The van der Waals surface area contributed by atoms with Crippen molar-refractivity contribution in [2.24, 2.45) is 11.3 Å². The summed E-state index contributed by atoms with van der Waals surface area (Å²) in [4.78, 5) is 16.4. The molecule has 1 N–H and O–H groups in total. The number of fused-ring (bicyclic) bond motifs is 4. The Labute approximate surface area is 308 Å². The number of hydrogen-bond donors (Lipinski definition) is 1. The molecule has 7 nitrogen and oxygen atoms in total. The molecule has 1 aromatic heterocycles. The number of nitrogens with zero attached hydrogens (tertiary/aromatic N) is 2. The lowest BCUT2D eigenvalue weighted by Crippen LogP contribution is -2.50. The molecule has 0 saturated heterocycles. The number of benzene rings is 4. The SMILES string of the molecule is COc1cc2c(cc1-c1ccccc1)nc(-c1ccc(OCCCC(=O)O)cc1OC)n2C[C@@]1(C)CCC[C@]2(C)c3ccc(C(C)C)cc3CC[C@@H]12. The van der Waals surface area contributed by atoms with Crippen molar-refractivity contribution in [1.29, 1.82) is 0 Å². The van der Waals surface area contributed by atoms with Gasteiger partial charge in [0, 0.05) is 30.7 Å². The third-order valence-corrected chi connectivity index (χ3v) is 12.1. The van der Waals surface area contributed by atoms with Gasteiger partial charge in [-0.05, 0) is 95.2 Å². The second-order valence-electron chi connectivity index (χ2n) is 15.7. The van der Waals surface area contributed by atoms with Gasteiger partial charge in [0.25, 0.3) is 0 Å². The molecule has 1 fully saturated rings. The van der Waals surface area contributed by atoms with Crippen molar-refractivity contribution in [1.82, 2.24) is 9.55 Å². The minimum Gasteiger partial charge on any atom is -0.496 e. The molecule has 0 bridgehead atoms. The average molecular weight is 701 g/mol. The highest BCUT2D eigenvalue weighted by atomic mass is 16.5. The Bertz CT molecular complexity index is 2090. The van der Waals surface area contributed by atoms with Crippen LogP contribution in [0.25, 0.3) is 33.5 Å². The molecule has 0 aliphatic heterocycles. The lowest BCUT2D eigenvalue weighted by Gasteiger charge is -2.56. The maximum absolute atomic E-state index is 11.0. The summed E-state index contributed by atoms with van der Waals surface area (Å²) in [6.45, 7) is 10.7. The maximum Gasteiger partial charge on any atom is 0.303 e. The lowest BCUT2D eigenvalue weighted by atomic mass is 9.49. The number of hydrogen-bond acceptors (Lipinski definition) is 5. The molecule has 2 aliphatic rings. The highest BCUT2D eigenvalue weighted by Gasteiger charge is 2.52. The van der Waals surface area contributed by atoms with Crippen LogP contribution in [0.3, 0.4) is 0 Å². The molecule has 7 heteroatoms. The molecule has 7 rings (SSSR count). The number of ether oxygens (including phenoxy) is 3. The fraction of sp³-hybridized carbons (Fsp3) is 0.422. The second kappa shape index (κ2) is 14.3. The van der Waals surface area contributed by atoms with E-state index in [9.17, 15) is 4.79 Å². The molecule has 0 unspecified atom stereocenters. The Hall–Kier alpha value is -4.78. The summed E-state index contributed by atoms with van der Waals surface area (Å²) in [5.41, 5.74) is 9.54. The van der Waals surface area contributed by atoms with E-state index in [-0.39, 0.29) is 17.3 Å². The van der Waals surface area contributed by atoms with Crippen LogP contribution in [0.4, 0.5) is 0 Å². The van der Waals surface area contributed by atoms with E-state index in [0.717, 1.165) is 58.7 Å². The van der Waals surface area contributed by atoms with E-state index in [1.165, 1.54) is 30.4 Å². The topological polar surface area (TPSA) is 82.8 Å². The number of carboxylic acid groups (broad SMARTS) is 1. The zero-order chi connectivity index (χ0) is 36.6. The average Bonchev–Trinajstić information content (AvgIpc) is 3.48. The van der Waals surface area contributed by atoms with E-state index in [4.69, 9.17) is 24.3 Å². The van der Waals surface area contributed by atoms with Crippen LogP contribution in [0.2, 0.25) is 0 Å². The summed E-state index contributed by atoms with van der Waals surface area (Å²) in [7, 11) is 3.42. The molecule has 0 spiro atoms. The Morgan fingerprint density at radius 1 is 0.942 bits per heavy atom. The summed E-state index contributed by atoms with van der Waals surface area (Å²) >= 11 is 0. The van der Waals surface area contributed by atoms with Crippen molar-refractivity contribution in [3.63, 3.8) is 0 Å². The van der Waals surface area contributed by atoms with Crippen LogP contribution in [0.5, 0.6) is 17.2 Å². The first-order valence-corrected chi connectivity index (χ1v) is 18.8. The standard InChI is InChI=1S/C45H52N2O5/c1-29(2)31-15-19-36-32(24-31)16-20-41-44(3,21-11-22-45(36,41)4)28-47-38-27-40(51-6)35(30-12-8-7-9-13-30)26-37(38)46-43(47)34-18-17-33(25-39(34)50-5)52-23-10-14-42(48)49/h7-9,12-13,15,17-19,24-27,29,41H,10-11,14,16,20-23,28H2,1-6H3,(H,48,49)/t41-,44+,45+/m0/s1. The van der Waals surface area contributed by atoms with Crippen molar-refractivity contribution in [2.45, 2.75) is 90.5 Å². The molecule has 52 heavy (non-hydrogen) atoms. The van der Waals surface area contributed by atoms with Crippen molar-refractivity contribution in [2.75, 3.05) is 20.8 Å². The van der Waals surface area contributed by atoms with Crippen LogP contribution in [-0.2, 0) is 23.2 Å². The minimum absolute atomic E-state index is 0.00948. The van der Waals surface area contributed by atoms with Crippen molar-refractivity contribution < 1.29 is 24.1 Å². The van der Waals surface area contributed by atoms with E-state index in [0.29, 0.717) is 36.4 Å². The van der Waals surface area contributed by atoms with Gasteiger partial charge in [-0.25, -0.2) is 4.98 Å². The van der Waals surface area contributed by atoms with Crippen molar-refractivity contribution in [3.8, 4) is 39.8 Å². The van der Waals surface area contributed by atoms with E-state index in [2.05, 4.69) is 74.7 Å². The molecule has 5 aromatic rings. The van der Waals surface area contributed by atoms with E-state index in [1.807, 2.05) is 36.4 Å². The quantitative estimate of drug-likeness (QED) is 0.130. The Morgan fingerprint density at radius 3 is 2.44 bits per heavy atom. The molecule has 1 heterocycles. The molecule has 2 aliphatic carbocycles. The van der Waals surface area contributed by atoms with Gasteiger partial charge >= 0.3 is 5.97 Å². The van der Waals surface area contributed by atoms with Gasteiger partial charge in [0.15, 0.2) is 0 Å². The molecule has 0 amide bonds. The predicted molar refractivity (Wildman–Crippen MR) is 208 cm³/mol. The summed E-state index contributed by atoms with van der Waals surface area (Å²) in [6, 6.07) is 27.8. The van der Waals surface area contributed by atoms with Crippen LogP contribution in [0.1, 0.15) is 88.8 Å². The van der Waals surface area contributed by atoms with Crippen LogP contribution in [0, 0.1) is 11.3 Å². The van der Waals surface area contributed by atoms with Crippen LogP contribution < -0.4 is 14.2 Å². The largest absolute Gasteiger partial charge is 0.496 e. The number of carbonyl (C=O) groups is 1. The number of aromatic nitrogens is 2. The minimum atomic E-state index is -0.827. The Kier molecular flexibility index (Phi) is 9.81. The van der Waals surface area contributed by atoms with Crippen molar-refractivity contribution in [3.05, 3.63) is 95.6 Å². The summed E-state index contributed by atoms with van der Waals surface area (Å²) < 4.78 is 20.4. The molecule has 0 radical (unpaired) electrons. The summed E-state index contributed by atoms with van der Waals surface area (Å²) in [5, 5.41) is 9.05. The van der Waals surface area contributed by atoms with Gasteiger partial charge in [0.1, 0.15) is 23.1 Å². The zero-order valence-electron chi connectivity index (χ0n) is 31.5. The fourth-order valence-electron chi connectivity index (χ4n) is 9.44. The Balaban J connectivity index is 1.34. The normalized spacial score (nSPS) is 21.1. The fourth-order valence-corrected chi connectivity index (χ4v) is 9.44. The molecule has 4 aromatic carbocycles. The van der Waals surface area contributed by atoms with Gasteiger partial charge in [-0.3, -0.25) is 4.79 Å². The van der Waals surface area contributed by atoms with Gasteiger partial charge in [-0.15, -0.1) is 0 Å². The monoisotopic (exact) mass is 700 g/mol. The second-order valence-corrected chi connectivity index (χ2v) is 15.7. The number of aliphatic carboxylic acids is 1. The van der Waals surface area contributed by atoms with Crippen LogP contribution in [-0.4, -0.2) is 41.5 Å². The third-order valence-electron chi connectivity index (χ3n) is 12.1. The molecule has 1 saturated carbocycles. The van der Waals surface area contributed by atoms with Gasteiger partial charge in [-0.2, -0.15) is 0 Å². The van der Waals surface area contributed by atoms with Crippen molar-refractivity contribution >= 4 is 17.0 Å². The van der Waals surface area contributed by atoms with Crippen LogP contribution in [0.15, 0.2) is 78.9 Å².